The number of Topliss-reactive ketones (excluding diaryl/α,β-unsaturated/α-hetero) is 1. The molecule has 0 aliphatic carbocycles. The number of halogens is 20. The van der Waals surface area contributed by atoms with E-state index in [-0.39, 0.29) is 18.1 Å². The second-order valence-corrected chi connectivity index (χ2v) is 12.2. The van der Waals surface area contributed by atoms with E-state index in [4.69, 9.17) is 0 Å². The summed E-state index contributed by atoms with van der Waals surface area (Å²) >= 11 is 0. The van der Waals surface area contributed by atoms with Gasteiger partial charge < -0.3 is 5.11 Å². The highest BCUT2D eigenvalue weighted by atomic mass is 19.2. The van der Waals surface area contributed by atoms with Crippen LogP contribution in [0.1, 0.15) is 10.4 Å². The molecule has 0 amide bonds. The highest BCUT2D eigenvalue weighted by Crippen LogP contribution is 2.30. The normalized spacial score (nSPS) is 11.5. The van der Waals surface area contributed by atoms with Gasteiger partial charge in [0.15, 0.2) is 82.2 Å². The first kappa shape index (κ1) is 45.4. The minimum Gasteiger partial charge on any atom is -0.508 e. The Labute approximate surface area is 324 Å². The van der Waals surface area contributed by atoms with Gasteiger partial charge in [0, 0.05) is 5.56 Å². The van der Waals surface area contributed by atoms with Crippen molar-refractivity contribution in [2.24, 2.45) is 0 Å². The summed E-state index contributed by atoms with van der Waals surface area (Å²) in [5.74, 6) is -71.4. The molecule has 1 aromatic heterocycles. The minimum absolute atomic E-state index is 0.0490. The lowest BCUT2D eigenvalue weighted by Gasteiger charge is -2.44. The second kappa shape index (κ2) is 16.8. The zero-order valence-electron chi connectivity index (χ0n) is 28.7. The maximum absolute atomic E-state index is 15.4. The predicted octanol–water partition coefficient (Wildman–Crippen LogP) is 6.80. The number of carbonyl (C=O) groups excluding carboxylic acids is 1. The van der Waals surface area contributed by atoms with Gasteiger partial charge in [-0.05, 0) is 12.1 Å². The zero-order chi connectivity index (χ0) is 45.7. The first-order valence-corrected chi connectivity index (χ1v) is 15.8. The molecule has 0 atom stereocenters. The van der Waals surface area contributed by atoms with E-state index in [9.17, 15) is 62.6 Å². The van der Waals surface area contributed by atoms with Crippen LogP contribution in [0.15, 0.2) is 49.1 Å². The van der Waals surface area contributed by atoms with Gasteiger partial charge in [0.2, 0.25) is 12.3 Å². The molecule has 0 saturated carbocycles. The standard InChI is InChI=1S/C24BF20.C12H10N2O2/c26-5-1(6(27)14(35)21(42)13(5)34)25(2-7(28)15(36)22(43)16(37)8(2)29,3-9(30)17(38)23(44)18(39)10(3)31)4-11(32)19(40)24(45)20(41)12(4)33;15-11-3-1-2-10(8-11)12(16)9-14-6-4-13-5-7-14/h;1-8H,9H2/q-1;/p+1. The van der Waals surface area contributed by atoms with Gasteiger partial charge in [0.1, 0.15) is 58.4 Å². The van der Waals surface area contributed by atoms with Crippen molar-refractivity contribution in [3.05, 3.63) is 171 Å². The summed E-state index contributed by atoms with van der Waals surface area (Å²) in [6.45, 7) is 0.242. The van der Waals surface area contributed by atoms with E-state index in [0.717, 1.165) is 0 Å². The zero-order valence-corrected chi connectivity index (χ0v) is 28.7. The number of benzene rings is 5. The lowest BCUT2D eigenvalue weighted by atomic mass is 9.12. The number of ketones is 1. The van der Waals surface area contributed by atoms with Crippen LogP contribution in [-0.2, 0) is 6.54 Å². The summed E-state index contributed by atoms with van der Waals surface area (Å²) in [5.41, 5.74) is -13.8. The lowest BCUT2D eigenvalue weighted by Crippen LogP contribution is -2.81. The monoisotopic (exact) mass is 894 g/mol. The number of aromatic nitrogens is 2. The molecule has 0 saturated heterocycles. The summed E-state index contributed by atoms with van der Waals surface area (Å²) in [7, 11) is 0. The second-order valence-electron chi connectivity index (χ2n) is 12.2. The predicted molar refractivity (Wildman–Crippen MR) is 166 cm³/mol. The van der Waals surface area contributed by atoms with Crippen molar-refractivity contribution < 1.29 is 102 Å². The van der Waals surface area contributed by atoms with E-state index in [1.165, 1.54) is 12.1 Å². The number of rotatable bonds is 7. The van der Waals surface area contributed by atoms with Crippen molar-refractivity contribution in [1.29, 1.82) is 0 Å². The van der Waals surface area contributed by atoms with E-state index in [1.54, 1.807) is 41.5 Å². The van der Waals surface area contributed by atoms with Crippen LogP contribution in [0.4, 0.5) is 87.8 Å². The summed E-state index contributed by atoms with van der Waals surface area (Å²) in [5, 5.41) is 9.26. The molecule has 0 spiro atoms. The largest absolute Gasteiger partial charge is 0.508 e. The van der Waals surface area contributed by atoms with Crippen molar-refractivity contribution in [2.75, 3.05) is 0 Å². The number of hydrogen-bond acceptors (Lipinski definition) is 3. The van der Waals surface area contributed by atoms with E-state index in [1.807, 2.05) is 0 Å². The summed E-state index contributed by atoms with van der Waals surface area (Å²) < 4.78 is 296. The lowest BCUT2D eigenvalue weighted by molar-refractivity contribution is -0.683. The first-order chi connectivity index (χ1) is 28.5. The van der Waals surface area contributed by atoms with Gasteiger partial charge >= 0.3 is 0 Å². The molecular formula is C36H11BF20N2O2. The molecule has 0 aliphatic heterocycles. The Kier molecular flexibility index (Phi) is 12.5. The number of carbonyl (C=O) groups is 1. The fourth-order valence-electron chi connectivity index (χ4n) is 6.26. The minimum atomic E-state index is -7.22. The number of aromatic hydroxyl groups is 1. The Morgan fingerprint density at radius 1 is 0.443 bits per heavy atom. The molecule has 4 nitrogen and oxygen atoms in total. The topological polar surface area (TPSA) is 54.1 Å². The van der Waals surface area contributed by atoms with E-state index < -0.39 is 144 Å². The van der Waals surface area contributed by atoms with Gasteiger partial charge in [-0.1, -0.05) is 12.1 Å². The van der Waals surface area contributed by atoms with Gasteiger partial charge in [-0.15, -0.1) is 21.9 Å². The van der Waals surface area contributed by atoms with Gasteiger partial charge in [-0.25, -0.2) is 87.8 Å². The van der Waals surface area contributed by atoms with Crippen molar-refractivity contribution in [3.8, 4) is 5.75 Å². The smallest absolute Gasteiger partial charge is 0.227 e. The Hall–Kier alpha value is -6.69. The molecule has 0 radical (unpaired) electrons. The molecule has 5 aromatic carbocycles. The number of hydrogen-bond donors (Lipinski definition) is 1. The molecular weight excluding hydrogens is 883 g/mol. The van der Waals surface area contributed by atoms with E-state index in [0.29, 0.717) is 5.56 Å². The van der Waals surface area contributed by atoms with Crippen LogP contribution < -0.4 is 26.4 Å². The molecule has 25 heteroatoms. The third kappa shape index (κ3) is 7.23. The molecule has 61 heavy (non-hydrogen) atoms. The van der Waals surface area contributed by atoms with Crippen LogP contribution in [0, 0.1) is 116 Å². The SMILES string of the molecule is Fc1c(F)c(F)c([B-](c2c(F)c(F)c(F)c(F)c2F)(c2c(F)c(F)c(F)c(F)c2F)c2c(F)c(F)c(F)c(F)c2F)c(F)c1F.O=C(C[n+]1ccncc1)c1cccc(O)c1. The molecule has 0 aliphatic rings. The van der Waals surface area contributed by atoms with Gasteiger partial charge in [-0.3, -0.25) is 9.78 Å². The molecule has 6 aromatic rings. The quantitative estimate of drug-likeness (QED) is 0.0480. The van der Waals surface area contributed by atoms with E-state index in [2.05, 4.69) is 4.98 Å². The van der Waals surface area contributed by atoms with Crippen molar-refractivity contribution in [3.63, 3.8) is 0 Å². The van der Waals surface area contributed by atoms with Crippen molar-refractivity contribution >= 4 is 33.8 Å². The van der Waals surface area contributed by atoms with Crippen LogP contribution in [-0.4, -0.2) is 22.0 Å². The third-order valence-corrected chi connectivity index (χ3v) is 8.89. The summed E-state index contributed by atoms with van der Waals surface area (Å²) in [6, 6.07) is 6.34. The van der Waals surface area contributed by atoms with Crippen LogP contribution in [0.3, 0.4) is 0 Å². The molecule has 0 fully saturated rings. The van der Waals surface area contributed by atoms with Gasteiger partial charge in [-0.2, -0.15) is 4.57 Å². The Morgan fingerprint density at radius 2 is 0.705 bits per heavy atom. The highest BCUT2D eigenvalue weighted by Gasteiger charge is 2.52. The average Bonchev–Trinajstić information content (AvgIpc) is 3.24. The molecule has 0 unspecified atom stereocenters. The summed E-state index contributed by atoms with van der Waals surface area (Å²) in [6.07, 6.45) is -0.530. The van der Waals surface area contributed by atoms with Crippen molar-refractivity contribution in [1.82, 2.24) is 4.98 Å². The average molecular weight is 894 g/mol. The van der Waals surface area contributed by atoms with Crippen LogP contribution >= 0.6 is 0 Å². The molecule has 0 bridgehead atoms. The third-order valence-electron chi connectivity index (χ3n) is 8.89. The van der Waals surface area contributed by atoms with Crippen LogP contribution in [0.5, 0.6) is 5.75 Å². The molecule has 6 rings (SSSR count). The van der Waals surface area contributed by atoms with Crippen LogP contribution in [0.25, 0.3) is 0 Å². The van der Waals surface area contributed by atoms with Gasteiger partial charge in [0.05, 0.1) is 12.4 Å². The maximum Gasteiger partial charge on any atom is 0.227 e. The van der Waals surface area contributed by atoms with Crippen molar-refractivity contribution in [2.45, 2.75) is 6.54 Å². The molecule has 1 heterocycles. The number of phenolic OH excluding ortho intramolecular Hbond substituents is 1. The Bertz CT molecular complexity index is 2390. The van der Waals surface area contributed by atoms with Crippen LogP contribution in [0.2, 0.25) is 0 Å². The van der Waals surface area contributed by atoms with E-state index >= 15 is 35.1 Å². The highest BCUT2D eigenvalue weighted by molar-refractivity contribution is 7.20. The fourth-order valence-corrected chi connectivity index (χ4v) is 6.26. The number of nitrogens with zero attached hydrogens (tertiary/aromatic N) is 2. The fraction of sp³-hybridized carbons (Fsp3) is 0.0278. The first-order valence-electron chi connectivity index (χ1n) is 15.8. The number of phenols is 1. The molecule has 1 N–H and O–H groups in total. The Balaban J connectivity index is 0.000000366. The maximum atomic E-state index is 15.4. The van der Waals surface area contributed by atoms with Gasteiger partial charge in [0.25, 0.3) is 0 Å². The Morgan fingerprint density at radius 3 is 0.967 bits per heavy atom. The summed E-state index contributed by atoms with van der Waals surface area (Å²) in [4.78, 5) is 15.7. The molecule has 320 valence electrons.